The Morgan fingerprint density at radius 1 is 1.23 bits per heavy atom. The number of anilines is 1. The second-order valence-corrected chi connectivity index (χ2v) is 6.50. The number of nitrogens with one attached hydrogen (secondary N) is 1. The molecule has 1 fully saturated rings. The number of carbonyl (C=O) groups excluding carboxylic acids is 1. The van der Waals surface area contributed by atoms with Crippen molar-refractivity contribution in [2.75, 3.05) is 12.4 Å². The maximum atomic E-state index is 12.4. The molecule has 114 valence electrons. The molecule has 1 N–H and O–H groups in total. The molecule has 0 aromatic heterocycles. The predicted molar refractivity (Wildman–Crippen MR) is 90.8 cm³/mol. The van der Waals surface area contributed by atoms with Gasteiger partial charge in [-0.05, 0) is 36.1 Å². The van der Waals surface area contributed by atoms with Gasteiger partial charge in [-0.3, -0.25) is 4.79 Å². The highest BCUT2D eigenvalue weighted by Gasteiger charge is 2.43. The van der Waals surface area contributed by atoms with E-state index in [4.69, 9.17) is 4.74 Å². The zero-order chi connectivity index (χ0) is 15.5. The molecule has 2 aromatic carbocycles. The topological polar surface area (TPSA) is 38.3 Å². The lowest BCUT2D eigenvalue weighted by Gasteiger charge is -2.10. The Morgan fingerprint density at radius 2 is 1.95 bits per heavy atom. The number of halogens is 1. The van der Waals surface area contributed by atoms with Crippen LogP contribution in [-0.2, 0) is 16.1 Å². The number of ether oxygens (including phenoxy) is 1. The fourth-order valence-electron chi connectivity index (χ4n) is 2.71. The Balaban J connectivity index is 1.65. The van der Waals surface area contributed by atoms with Gasteiger partial charge in [-0.15, -0.1) is 0 Å². The first-order chi connectivity index (χ1) is 10.7. The lowest BCUT2D eigenvalue weighted by molar-refractivity contribution is -0.117. The van der Waals surface area contributed by atoms with E-state index in [1.807, 2.05) is 36.4 Å². The summed E-state index contributed by atoms with van der Waals surface area (Å²) in [5, 5.41) is 3.04. The number of para-hydroxylation sites is 1. The molecule has 0 radical (unpaired) electrons. The van der Waals surface area contributed by atoms with Crippen LogP contribution in [0.15, 0.2) is 53.0 Å². The first-order valence-electron chi connectivity index (χ1n) is 7.32. The van der Waals surface area contributed by atoms with Crippen LogP contribution in [0.4, 0.5) is 5.69 Å². The SMILES string of the molecule is COCc1ccccc1NC(=O)C1CC1c1ccc(Br)cc1. The van der Waals surface area contributed by atoms with E-state index in [0.29, 0.717) is 12.5 Å². The van der Waals surface area contributed by atoms with Crippen molar-refractivity contribution in [2.45, 2.75) is 18.9 Å². The first kappa shape index (κ1) is 15.3. The van der Waals surface area contributed by atoms with Gasteiger partial charge in [0.2, 0.25) is 5.91 Å². The molecule has 4 heteroatoms. The summed E-state index contributed by atoms with van der Waals surface area (Å²) in [5.41, 5.74) is 3.07. The van der Waals surface area contributed by atoms with Gasteiger partial charge in [0.25, 0.3) is 0 Å². The highest BCUT2D eigenvalue weighted by molar-refractivity contribution is 9.10. The van der Waals surface area contributed by atoms with Gasteiger partial charge in [0.05, 0.1) is 6.61 Å². The predicted octanol–water partition coefficient (Wildman–Crippen LogP) is 4.34. The van der Waals surface area contributed by atoms with Gasteiger partial charge >= 0.3 is 0 Å². The van der Waals surface area contributed by atoms with Crippen molar-refractivity contribution in [3.05, 3.63) is 64.1 Å². The zero-order valence-corrected chi connectivity index (χ0v) is 14.0. The molecule has 0 spiro atoms. The average molecular weight is 360 g/mol. The van der Waals surface area contributed by atoms with E-state index in [1.54, 1.807) is 7.11 Å². The molecule has 2 atom stereocenters. The summed E-state index contributed by atoms with van der Waals surface area (Å²) >= 11 is 3.43. The second-order valence-electron chi connectivity index (χ2n) is 5.58. The standard InChI is InChI=1S/C18H18BrNO2/c1-22-11-13-4-2-3-5-17(13)20-18(21)16-10-15(16)12-6-8-14(19)9-7-12/h2-9,15-16H,10-11H2,1H3,(H,20,21). The van der Waals surface area contributed by atoms with E-state index in [1.165, 1.54) is 5.56 Å². The van der Waals surface area contributed by atoms with E-state index in [2.05, 4.69) is 33.4 Å². The smallest absolute Gasteiger partial charge is 0.228 e. The van der Waals surface area contributed by atoms with E-state index in [-0.39, 0.29) is 11.8 Å². The van der Waals surface area contributed by atoms with Crippen molar-refractivity contribution >= 4 is 27.5 Å². The van der Waals surface area contributed by atoms with Crippen LogP contribution in [0.2, 0.25) is 0 Å². The summed E-state index contributed by atoms with van der Waals surface area (Å²) in [6.07, 6.45) is 0.917. The van der Waals surface area contributed by atoms with E-state index >= 15 is 0 Å². The average Bonchev–Trinajstić information content (AvgIpc) is 3.31. The Kier molecular flexibility index (Phi) is 4.60. The normalized spacial score (nSPS) is 19.7. The largest absolute Gasteiger partial charge is 0.380 e. The van der Waals surface area contributed by atoms with E-state index in [9.17, 15) is 4.79 Å². The molecule has 0 aliphatic heterocycles. The quantitative estimate of drug-likeness (QED) is 0.862. The third-order valence-electron chi connectivity index (χ3n) is 4.00. The second kappa shape index (κ2) is 6.63. The van der Waals surface area contributed by atoms with Crippen LogP contribution in [0.25, 0.3) is 0 Å². The Hall–Kier alpha value is -1.65. The van der Waals surface area contributed by atoms with Crippen molar-refractivity contribution in [1.29, 1.82) is 0 Å². The van der Waals surface area contributed by atoms with Gasteiger partial charge in [0, 0.05) is 28.8 Å². The van der Waals surface area contributed by atoms with Gasteiger partial charge in [0.1, 0.15) is 0 Å². The van der Waals surface area contributed by atoms with Gasteiger partial charge < -0.3 is 10.1 Å². The van der Waals surface area contributed by atoms with Crippen molar-refractivity contribution in [3.8, 4) is 0 Å². The molecule has 1 aliphatic carbocycles. The molecule has 1 saturated carbocycles. The molecule has 2 unspecified atom stereocenters. The van der Waals surface area contributed by atoms with Gasteiger partial charge in [-0.2, -0.15) is 0 Å². The third-order valence-corrected chi connectivity index (χ3v) is 4.53. The minimum absolute atomic E-state index is 0.0665. The highest BCUT2D eigenvalue weighted by atomic mass is 79.9. The molecule has 0 saturated heterocycles. The number of amides is 1. The molecule has 0 heterocycles. The Bertz CT molecular complexity index is 669. The van der Waals surface area contributed by atoms with Crippen LogP contribution in [0.3, 0.4) is 0 Å². The van der Waals surface area contributed by atoms with Crippen LogP contribution in [0.1, 0.15) is 23.5 Å². The number of hydrogen-bond donors (Lipinski definition) is 1. The summed E-state index contributed by atoms with van der Waals surface area (Å²) in [5.74, 6) is 0.496. The lowest BCUT2D eigenvalue weighted by atomic mass is 10.1. The fraction of sp³-hybridized carbons (Fsp3) is 0.278. The minimum atomic E-state index is 0.0665. The Morgan fingerprint density at radius 3 is 2.68 bits per heavy atom. The third kappa shape index (κ3) is 3.39. The molecule has 3 nitrogen and oxygen atoms in total. The monoisotopic (exact) mass is 359 g/mol. The summed E-state index contributed by atoms with van der Waals surface area (Å²) in [6.45, 7) is 0.497. The summed E-state index contributed by atoms with van der Waals surface area (Å²) in [4.78, 5) is 12.4. The number of benzene rings is 2. The highest BCUT2D eigenvalue weighted by Crippen LogP contribution is 2.48. The molecular weight excluding hydrogens is 342 g/mol. The lowest BCUT2D eigenvalue weighted by Crippen LogP contribution is -2.16. The number of methoxy groups -OCH3 is 1. The van der Waals surface area contributed by atoms with Crippen LogP contribution in [-0.4, -0.2) is 13.0 Å². The summed E-state index contributed by atoms with van der Waals surface area (Å²) in [6, 6.07) is 16.0. The van der Waals surface area contributed by atoms with Crippen molar-refractivity contribution in [1.82, 2.24) is 0 Å². The van der Waals surface area contributed by atoms with Crippen LogP contribution < -0.4 is 5.32 Å². The van der Waals surface area contributed by atoms with Crippen molar-refractivity contribution in [3.63, 3.8) is 0 Å². The minimum Gasteiger partial charge on any atom is -0.380 e. The number of carbonyl (C=O) groups is 1. The van der Waals surface area contributed by atoms with Crippen LogP contribution >= 0.6 is 15.9 Å². The van der Waals surface area contributed by atoms with E-state index < -0.39 is 0 Å². The molecular formula is C18H18BrNO2. The van der Waals surface area contributed by atoms with Gasteiger partial charge in [-0.1, -0.05) is 46.3 Å². The molecule has 0 bridgehead atoms. The molecule has 1 aliphatic rings. The van der Waals surface area contributed by atoms with Gasteiger partial charge in [0.15, 0.2) is 0 Å². The maximum absolute atomic E-state index is 12.4. The van der Waals surface area contributed by atoms with Crippen LogP contribution in [0.5, 0.6) is 0 Å². The Labute approximate surface area is 138 Å². The fourth-order valence-corrected chi connectivity index (χ4v) is 2.98. The molecule has 1 amide bonds. The van der Waals surface area contributed by atoms with Crippen LogP contribution in [0, 0.1) is 5.92 Å². The zero-order valence-electron chi connectivity index (χ0n) is 12.4. The molecule has 3 rings (SSSR count). The van der Waals surface area contributed by atoms with Crippen molar-refractivity contribution in [2.24, 2.45) is 5.92 Å². The van der Waals surface area contributed by atoms with E-state index in [0.717, 1.165) is 22.1 Å². The number of rotatable bonds is 5. The first-order valence-corrected chi connectivity index (χ1v) is 8.11. The maximum Gasteiger partial charge on any atom is 0.228 e. The summed E-state index contributed by atoms with van der Waals surface area (Å²) < 4.78 is 6.23. The summed E-state index contributed by atoms with van der Waals surface area (Å²) in [7, 11) is 1.66. The molecule has 2 aromatic rings. The number of hydrogen-bond acceptors (Lipinski definition) is 2. The molecule has 22 heavy (non-hydrogen) atoms. The van der Waals surface area contributed by atoms with Crippen molar-refractivity contribution < 1.29 is 9.53 Å². The van der Waals surface area contributed by atoms with Gasteiger partial charge in [-0.25, -0.2) is 0 Å².